The molecule has 0 atom stereocenters. The van der Waals surface area contributed by atoms with Gasteiger partial charge < -0.3 is 5.32 Å². The lowest BCUT2D eigenvalue weighted by molar-refractivity contribution is -0.119. The molecule has 1 aromatic heterocycles. The summed E-state index contributed by atoms with van der Waals surface area (Å²) in [5.74, 6) is 3.67. The zero-order valence-electron chi connectivity index (χ0n) is 16.9. The Kier molecular flexibility index (Phi) is 7.26. The lowest BCUT2D eigenvalue weighted by Crippen LogP contribution is -2.47. The standard InChI is InChI=1S/C22H27ClN4OS/c1-4-22(5-2,6-3)24-19(28)15-29-21-26-25-20(17-13-9-10-14-18(17)23)27(21)16-11-7-8-12-16/h1,9-10,13-14,16H,5-8,11-12,15H2,2-3H3,(H,24,28). The first-order valence-electron chi connectivity index (χ1n) is 10.1. The maximum atomic E-state index is 12.6. The fraction of sp³-hybridized carbons (Fsp3) is 0.500. The van der Waals surface area contributed by atoms with E-state index in [-0.39, 0.29) is 11.7 Å². The van der Waals surface area contributed by atoms with Gasteiger partial charge in [0, 0.05) is 11.6 Å². The third-order valence-corrected chi connectivity index (χ3v) is 6.94. The van der Waals surface area contributed by atoms with E-state index in [0.29, 0.717) is 23.9 Å². The number of terminal acetylenes is 1. The molecule has 1 aromatic carbocycles. The van der Waals surface area contributed by atoms with E-state index in [1.54, 1.807) is 0 Å². The number of carbonyl (C=O) groups is 1. The molecule has 0 radical (unpaired) electrons. The summed E-state index contributed by atoms with van der Waals surface area (Å²) in [6, 6.07) is 8.01. The smallest absolute Gasteiger partial charge is 0.231 e. The molecule has 0 unspecified atom stereocenters. The highest BCUT2D eigenvalue weighted by molar-refractivity contribution is 7.99. The third kappa shape index (κ3) is 4.79. The number of hydrogen-bond acceptors (Lipinski definition) is 4. The number of carbonyl (C=O) groups excluding carboxylic acids is 1. The summed E-state index contributed by atoms with van der Waals surface area (Å²) in [7, 11) is 0. The van der Waals surface area contributed by atoms with Gasteiger partial charge in [0.05, 0.1) is 10.8 Å². The quantitative estimate of drug-likeness (QED) is 0.466. The fourth-order valence-corrected chi connectivity index (χ4v) is 4.82. The van der Waals surface area contributed by atoms with Crippen molar-refractivity contribution < 1.29 is 4.79 Å². The van der Waals surface area contributed by atoms with Crippen molar-refractivity contribution >= 4 is 29.3 Å². The Morgan fingerprint density at radius 2 is 2.00 bits per heavy atom. The van der Waals surface area contributed by atoms with Gasteiger partial charge in [-0.05, 0) is 37.8 Å². The summed E-state index contributed by atoms with van der Waals surface area (Å²) in [6.07, 6.45) is 11.6. The van der Waals surface area contributed by atoms with Gasteiger partial charge in [-0.1, -0.05) is 68.1 Å². The minimum atomic E-state index is -0.584. The first-order chi connectivity index (χ1) is 14.0. The molecule has 0 aliphatic heterocycles. The Bertz CT molecular complexity index is 894. The highest BCUT2D eigenvalue weighted by atomic mass is 35.5. The van der Waals surface area contributed by atoms with E-state index >= 15 is 0 Å². The Hall–Kier alpha value is -1.97. The van der Waals surface area contributed by atoms with Crippen LogP contribution in [-0.2, 0) is 4.79 Å². The van der Waals surface area contributed by atoms with Crippen LogP contribution in [0.1, 0.15) is 58.4 Å². The zero-order chi connectivity index (χ0) is 20.9. The Morgan fingerprint density at radius 3 is 2.62 bits per heavy atom. The molecular formula is C22H27ClN4OS. The highest BCUT2D eigenvalue weighted by Gasteiger charge is 2.28. The van der Waals surface area contributed by atoms with Gasteiger partial charge >= 0.3 is 0 Å². The van der Waals surface area contributed by atoms with Crippen LogP contribution in [0.4, 0.5) is 0 Å². The van der Waals surface area contributed by atoms with E-state index in [2.05, 4.69) is 26.0 Å². The summed E-state index contributed by atoms with van der Waals surface area (Å²) < 4.78 is 2.17. The summed E-state index contributed by atoms with van der Waals surface area (Å²) >= 11 is 7.83. The predicted molar refractivity (Wildman–Crippen MR) is 119 cm³/mol. The molecule has 0 spiro atoms. The molecule has 154 valence electrons. The summed E-state index contributed by atoms with van der Waals surface area (Å²) in [6.45, 7) is 3.98. The van der Waals surface area contributed by atoms with Crippen LogP contribution in [-0.4, -0.2) is 32.0 Å². The average molecular weight is 431 g/mol. The van der Waals surface area contributed by atoms with Crippen molar-refractivity contribution in [1.29, 1.82) is 0 Å². The van der Waals surface area contributed by atoms with Gasteiger partial charge in [-0.2, -0.15) is 0 Å². The number of amides is 1. The predicted octanol–water partition coefficient (Wildman–Crippen LogP) is 5.11. The Morgan fingerprint density at radius 1 is 1.31 bits per heavy atom. The lowest BCUT2D eigenvalue weighted by atomic mass is 9.94. The molecule has 1 aliphatic carbocycles. The molecule has 5 nitrogen and oxygen atoms in total. The summed E-state index contributed by atoms with van der Waals surface area (Å²) in [5.41, 5.74) is 0.285. The second-order valence-corrected chi connectivity index (χ2v) is 8.71. The molecule has 1 heterocycles. The number of thioether (sulfide) groups is 1. The molecule has 1 amide bonds. The molecule has 3 rings (SSSR count). The third-order valence-electron chi connectivity index (χ3n) is 5.66. The van der Waals surface area contributed by atoms with Crippen LogP contribution in [0.5, 0.6) is 0 Å². The van der Waals surface area contributed by atoms with Gasteiger partial charge in [0.1, 0.15) is 5.54 Å². The van der Waals surface area contributed by atoms with Crippen LogP contribution in [0.25, 0.3) is 11.4 Å². The second-order valence-electron chi connectivity index (χ2n) is 7.36. The number of nitrogens with zero attached hydrogens (tertiary/aromatic N) is 3. The van der Waals surface area contributed by atoms with Crippen LogP contribution < -0.4 is 5.32 Å². The van der Waals surface area contributed by atoms with E-state index < -0.39 is 5.54 Å². The van der Waals surface area contributed by atoms with Gasteiger partial charge in [0.2, 0.25) is 5.91 Å². The van der Waals surface area contributed by atoms with Gasteiger partial charge in [0.25, 0.3) is 0 Å². The monoisotopic (exact) mass is 430 g/mol. The van der Waals surface area contributed by atoms with Crippen LogP contribution >= 0.6 is 23.4 Å². The van der Waals surface area contributed by atoms with Gasteiger partial charge in [-0.15, -0.1) is 16.6 Å². The van der Waals surface area contributed by atoms with Crippen molar-refractivity contribution in [2.75, 3.05) is 5.75 Å². The van der Waals surface area contributed by atoms with E-state index in [4.69, 9.17) is 18.0 Å². The Labute approximate surface area is 182 Å². The normalized spacial score (nSPS) is 14.7. The van der Waals surface area contributed by atoms with Gasteiger partial charge in [-0.25, -0.2) is 0 Å². The van der Waals surface area contributed by atoms with Gasteiger partial charge in [0.15, 0.2) is 11.0 Å². The average Bonchev–Trinajstić information content (AvgIpc) is 3.40. The number of benzene rings is 1. The molecule has 0 bridgehead atoms. The molecule has 1 fully saturated rings. The SMILES string of the molecule is C#CC(CC)(CC)NC(=O)CSc1nnc(-c2ccccc2Cl)n1C1CCCC1. The lowest BCUT2D eigenvalue weighted by Gasteiger charge is -2.27. The number of hydrogen-bond donors (Lipinski definition) is 1. The van der Waals surface area contributed by atoms with Crippen LogP contribution in [0.15, 0.2) is 29.4 Å². The number of aromatic nitrogens is 3. The van der Waals surface area contributed by atoms with Gasteiger partial charge in [-0.3, -0.25) is 9.36 Å². The number of halogens is 1. The van der Waals surface area contributed by atoms with Crippen LogP contribution in [0.2, 0.25) is 5.02 Å². The Balaban J connectivity index is 1.82. The zero-order valence-corrected chi connectivity index (χ0v) is 18.5. The van der Waals surface area contributed by atoms with E-state index in [9.17, 15) is 4.79 Å². The van der Waals surface area contributed by atoms with Crippen molar-refractivity contribution in [3.8, 4) is 23.7 Å². The van der Waals surface area contributed by atoms with Crippen molar-refractivity contribution in [2.45, 2.75) is 69.1 Å². The van der Waals surface area contributed by atoms with Crippen molar-refractivity contribution in [1.82, 2.24) is 20.1 Å². The van der Waals surface area contributed by atoms with Crippen molar-refractivity contribution in [3.63, 3.8) is 0 Å². The highest BCUT2D eigenvalue weighted by Crippen LogP contribution is 2.38. The molecule has 1 saturated carbocycles. The minimum Gasteiger partial charge on any atom is -0.339 e. The molecule has 1 N–H and O–H groups in total. The minimum absolute atomic E-state index is 0.0862. The molecular weight excluding hydrogens is 404 g/mol. The van der Waals surface area contributed by atoms with Crippen LogP contribution in [0.3, 0.4) is 0 Å². The first kappa shape index (κ1) is 21.7. The van der Waals surface area contributed by atoms with E-state index in [0.717, 1.165) is 29.4 Å². The second kappa shape index (κ2) is 9.69. The largest absolute Gasteiger partial charge is 0.339 e. The van der Waals surface area contributed by atoms with Crippen molar-refractivity contribution in [3.05, 3.63) is 29.3 Å². The number of rotatable bonds is 8. The maximum Gasteiger partial charge on any atom is 0.231 e. The van der Waals surface area contributed by atoms with Crippen molar-refractivity contribution in [2.24, 2.45) is 0 Å². The topological polar surface area (TPSA) is 59.8 Å². The van der Waals surface area contributed by atoms with E-state index in [1.165, 1.54) is 24.6 Å². The molecule has 7 heteroatoms. The first-order valence-corrected chi connectivity index (χ1v) is 11.5. The molecule has 0 saturated heterocycles. The van der Waals surface area contributed by atoms with E-state index in [1.807, 2.05) is 38.1 Å². The van der Waals surface area contributed by atoms with Crippen LogP contribution in [0, 0.1) is 12.3 Å². The summed E-state index contributed by atoms with van der Waals surface area (Å²) in [4.78, 5) is 12.6. The molecule has 2 aromatic rings. The molecule has 1 aliphatic rings. The fourth-order valence-electron chi connectivity index (χ4n) is 3.79. The number of nitrogens with one attached hydrogen (secondary N) is 1. The molecule has 29 heavy (non-hydrogen) atoms. The maximum absolute atomic E-state index is 12.6. The summed E-state index contributed by atoms with van der Waals surface area (Å²) in [5, 5.41) is 13.3.